The van der Waals surface area contributed by atoms with Crippen LogP contribution in [-0.2, 0) is 13.0 Å². The highest BCUT2D eigenvalue weighted by atomic mass is 15.3. The van der Waals surface area contributed by atoms with Crippen LogP contribution in [0.4, 0.5) is 5.69 Å². The number of benzene rings is 1. The lowest BCUT2D eigenvalue weighted by Crippen LogP contribution is -2.02. The maximum absolute atomic E-state index is 4.36. The minimum atomic E-state index is 1.01. The number of aromatic nitrogens is 3. The number of hydrogen-bond acceptors (Lipinski definition) is 3. The second-order valence-corrected chi connectivity index (χ2v) is 4.73. The van der Waals surface area contributed by atoms with E-state index in [2.05, 4.69) is 44.3 Å². The Morgan fingerprint density at radius 3 is 2.67 bits per heavy atom. The van der Waals surface area contributed by atoms with Crippen LogP contribution in [0.5, 0.6) is 0 Å². The molecule has 1 aromatic carbocycles. The van der Waals surface area contributed by atoms with Crippen molar-refractivity contribution in [2.75, 3.05) is 12.4 Å². The van der Waals surface area contributed by atoms with E-state index in [1.165, 1.54) is 19.3 Å². The SMILES string of the molecule is CNc1ccc(-c2nnc3n2CCCCC3)cc1. The van der Waals surface area contributed by atoms with Gasteiger partial charge in [0.2, 0.25) is 0 Å². The average molecular weight is 242 g/mol. The molecule has 0 saturated carbocycles. The number of fused-ring (bicyclic) bond motifs is 1. The van der Waals surface area contributed by atoms with Gasteiger partial charge in [-0.3, -0.25) is 0 Å². The molecule has 0 aliphatic carbocycles. The summed E-state index contributed by atoms with van der Waals surface area (Å²) in [7, 11) is 1.93. The van der Waals surface area contributed by atoms with E-state index in [9.17, 15) is 0 Å². The van der Waals surface area contributed by atoms with Crippen molar-refractivity contribution >= 4 is 5.69 Å². The van der Waals surface area contributed by atoms with Gasteiger partial charge in [-0.25, -0.2) is 0 Å². The number of hydrogen-bond donors (Lipinski definition) is 1. The van der Waals surface area contributed by atoms with E-state index in [4.69, 9.17) is 0 Å². The summed E-state index contributed by atoms with van der Waals surface area (Å²) in [5.41, 5.74) is 2.27. The average Bonchev–Trinajstić information content (AvgIpc) is 2.68. The Labute approximate surface area is 107 Å². The number of aryl methyl sites for hydroxylation is 1. The van der Waals surface area contributed by atoms with Crippen LogP contribution in [0.1, 0.15) is 25.1 Å². The van der Waals surface area contributed by atoms with Gasteiger partial charge in [-0.05, 0) is 37.1 Å². The summed E-state index contributed by atoms with van der Waals surface area (Å²) in [6.45, 7) is 1.05. The maximum atomic E-state index is 4.36. The molecule has 94 valence electrons. The molecule has 0 saturated heterocycles. The van der Waals surface area contributed by atoms with Crippen molar-refractivity contribution in [3.63, 3.8) is 0 Å². The molecule has 1 N–H and O–H groups in total. The Kier molecular flexibility index (Phi) is 3.00. The van der Waals surface area contributed by atoms with E-state index in [0.717, 1.165) is 35.9 Å². The van der Waals surface area contributed by atoms with Crippen LogP contribution in [0, 0.1) is 0 Å². The molecule has 0 amide bonds. The summed E-state index contributed by atoms with van der Waals surface area (Å²) in [5, 5.41) is 11.8. The van der Waals surface area contributed by atoms with Gasteiger partial charge in [0.05, 0.1) is 0 Å². The molecular weight excluding hydrogens is 224 g/mol. The fourth-order valence-electron chi connectivity index (χ4n) is 2.48. The summed E-state index contributed by atoms with van der Waals surface area (Å²) in [6, 6.07) is 8.36. The van der Waals surface area contributed by atoms with Crippen molar-refractivity contribution in [3.05, 3.63) is 30.1 Å². The molecule has 0 radical (unpaired) electrons. The molecule has 2 heterocycles. The lowest BCUT2D eigenvalue weighted by atomic mass is 10.2. The van der Waals surface area contributed by atoms with Gasteiger partial charge >= 0.3 is 0 Å². The standard InChI is InChI=1S/C14H18N4/c1-15-12-8-6-11(7-9-12)14-17-16-13-5-3-2-4-10-18(13)14/h6-9,15H,2-5,10H2,1H3. The zero-order valence-electron chi connectivity index (χ0n) is 10.7. The normalized spacial score (nSPS) is 14.9. The molecule has 3 rings (SSSR count). The molecule has 18 heavy (non-hydrogen) atoms. The highest BCUT2D eigenvalue weighted by Gasteiger charge is 2.15. The Bertz CT molecular complexity index is 527. The molecule has 1 aromatic heterocycles. The predicted molar refractivity (Wildman–Crippen MR) is 72.6 cm³/mol. The third-order valence-corrected chi connectivity index (χ3v) is 3.54. The molecule has 4 nitrogen and oxygen atoms in total. The molecule has 0 unspecified atom stereocenters. The lowest BCUT2D eigenvalue weighted by Gasteiger charge is -2.07. The number of rotatable bonds is 2. The first kappa shape index (κ1) is 11.3. The van der Waals surface area contributed by atoms with Crippen LogP contribution in [0.25, 0.3) is 11.4 Å². The van der Waals surface area contributed by atoms with Crippen molar-refractivity contribution in [1.82, 2.24) is 14.8 Å². The van der Waals surface area contributed by atoms with E-state index in [1.54, 1.807) is 0 Å². The largest absolute Gasteiger partial charge is 0.388 e. The van der Waals surface area contributed by atoms with E-state index in [-0.39, 0.29) is 0 Å². The van der Waals surface area contributed by atoms with Gasteiger partial charge in [0.15, 0.2) is 5.82 Å². The first-order valence-corrected chi connectivity index (χ1v) is 6.59. The van der Waals surface area contributed by atoms with Gasteiger partial charge < -0.3 is 9.88 Å². The Morgan fingerprint density at radius 1 is 1.06 bits per heavy atom. The molecule has 0 spiro atoms. The Morgan fingerprint density at radius 2 is 1.89 bits per heavy atom. The van der Waals surface area contributed by atoms with E-state index in [0.29, 0.717) is 0 Å². The monoisotopic (exact) mass is 242 g/mol. The Balaban J connectivity index is 1.98. The van der Waals surface area contributed by atoms with E-state index < -0.39 is 0 Å². The topological polar surface area (TPSA) is 42.7 Å². The smallest absolute Gasteiger partial charge is 0.163 e. The molecule has 4 heteroatoms. The fourth-order valence-corrected chi connectivity index (χ4v) is 2.48. The van der Waals surface area contributed by atoms with Crippen molar-refractivity contribution in [2.24, 2.45) is 0 Å². The fraction of sp³-hybridized carbons (Fsp3) is 0.429. The van der Waals surface area contributed by atoms with Crippen molar-refractivity contribution in [2.45, 2.75) is 32.2 Å². The van der Waals surface area contributed by atoms with Gasteiger partial charge in [0.1, 0.15) is 5.82 Å². The van der Waals surface area contributed by atoms with Gasteiger partial charge in [0.25, 0.3) is 0 Å². The molecule has 0 fully saturated rings. The lowest BCUT2D eigenvalue weighted by molar-refractivity contribution is 0.636. The van der Waals surface area contributed by atoms with Crippen LogP contribution in [0.15, 0.2) is 24.3 Å². The quantitative estimate of drug-likeness (QED) is 0.880. The molecule has 1 aliphatic heterocycles. The van der Waals surface area contributed by atoms with Gasteiger partial charge in [-0.1, -0.05) is 6.42 Å². The highest BCUT2D eigenvalue weighted by molar-refractivity contribution is 5.60. The zero-order valence-corrected chi connectivity index (χ0v) is 10.7. The van der Waals surface area contributed by atoms with E-state index >= 15 is 0 Å². The number of nitrogens with one attached hydrogen (secondary N) is 1. The molecule has 0 bridgehead atoms. The predicted octanol–water partition coefficient (Wildman–Crippen LogP) is 2.71. The molecule has 0 atom stereocenters. The van der Waals surface area contributed by atoms with Crippen LogP contribution < -0.4 is 5.32 Å². The van der Waals surface area contributed by atoms with Crippen LogP contribution in [0.3, 0.4) is 0 Å². The summed E-state index contributed by atoms with van der Waals surface area (Å²) >= 11 is 0. The zero-order chi connectivity index (χ0) is 12.4. The van der Waals surface area contributed by atoms with Crippen molar-refractivity contribution in [1.29, 1.82) is 0 Å². The minimum absolute atomic E-state index is 1.01. The molecular formula is C14H18N4. The van der Waals surface area contributed by atoms with E-state index in [1.807, 2.05) is 7.05 Å². The summed E-state index contributed by atoms with van der Waals surface area (Å²) in [6.07, 6.45) is 4.81. The summed E-state index contributed by atoms with van der Waals surface area (Å²) in [5.74, 6) is 2.15. The van der Waals surface area contributed by atoms with Crippen LogP contribution in [-0.4, -0.2) is 21.8 Å². The van der Waals surface area contributed by atoms with Gasteiger partial charge in [0, 0.05) is 31.3 Å². The first-order chi connectivity index (χ1) is 8.88. The van der Waals surface area contributed by atoms with Crippen molar-refractivity contribution < 1.29 is 0 Å². The third-order valence-electron chi connectivity index (χ3n) is 3.54. The summed E-state index contributed by atoms with van der Waals surface area (Å²) < 4.78 is 2.28. The third kappa shape index (κ3) is 1.98. The van der Waals surface area contributed by atoms with Crippen molar-refractivity contribution in [3.8, 4) is 11.4 Å². The molecule has 1 aliphatic rings. The maximum Gasteiger partial charge on any atom is 0.163 e. The second-order valence-electron chi connectivity index (χ2n) is 4.73. The number of nitrogens with zero attached hydrogens (tertiary/aromatic N) is 3. The highest BCUT2D eigenvalue weighted by Crippen LogP contribution is 2.23. The van der Waals surface area contributed by atoms with Crippen LogP contribution in [0.2, 0.25) is 0 Å². The molecule has 2 aromatic rings. The van der Waals surface area contributed by atoms with Gasteiger partial charge in [-0.2, -0.15) is 0 Å². The first-order valence-electron chi connectivity index (χ1n) is 6.59. The minimum Gasteiger partial charge on any atom is -0.388 e. The second kappa shape index (κ2) is 4.80. The number of anilines is 1. The Hall–Kier alpha value is -1.84. The van der Waals surface area contributed by atoms with Crippen LogP contribution >= 0.6 is 0 Å². The van der Waals surface area contributed by atoms with Gasteiger partial charge in [-0.15, -0.1) is 10.2 Å². The summed E-state index contributed by atoms with van der Waals surface area (Å²) in [4.78, 5) is 0.